The maximum atomic E-state index is 11.9. The number of para-hydroxylation sites is 2. The molecule has 1 N–H and O–H groups in total. The van der Waals surface area contributed by atoms with Crippen molar-refractivity contribution in [2.45, 2.75) is 20.3 Å². The second-order valence-corrected chi connectivity index (χ2v) is 5.72. The van der Waals surface area contributed by atoms with E-state index in [0.29, 0.717) is 36.2 Å². The van der Waals surface area contributed by atoms with E-state index in [1.807, 2.05) is 38.1 Å². The molecule has 0 aliphatic rings. The van der Waals surface area contributed by atoms with E-state index < -0.39 is 0 Å². The van der Waals surface area contributed by atoms with Crippen LogP contribution in [0.1, 0.15) is 25.8 Å². The molecule has 2 rings (SSSR count). The highest BCUT2D eigenvalue weighted by molar-refractivity contribution is 5.83. The first-order chi connectivity index (χ1) is 13.7. The van der Waals surface area contributed by atoms with Crippen LogP contribution in [-0.4, -0.2) is 39.1 Å². The zero-order valence-electron chi connectivity index (χ0n) is 16.4. The van der Waals surface area contributed by atoms with Gasteiger partial charge in [-0.15, -0.1) is 0 Å². The maximum absolute atomic E-state index is 11.9. The molecule has 0 bridgehead atoms. The van der Waals surface area contributed by atoms with Gasteiger partial charge in [0.2, 0.25) is 0 Å². The van der Waals surface area contributed by atoms with Crippen LogP contribution in [0.25, 0.3) is 0 Å². The SMILES string of the molecule is CCCOc1ccc(/C=N\NC(=O)COc2ccccc2OC)cc1OCC. The van der Waals surface area contributed by atoms with Crippen molar-refractivity contribution in [3.8, 4) is 23.0 Å². The van der Waals surface area contributed by atoms with Crippen LogP contribution in [0.3, 0.4) is 0 Å². The Morgan fingerprint density at radius 1 is 1.00 bits per heavy atom. The first-order valence-electron chi connectivity index (χ1n) is 9.15. The quantitative estimate of drug-likeness (QED) is 0.473. The van der Waals surface area contributed by atoms with E-state index in [-0.39, 0.29) is 12.5 Å². The van der Waals surface area contributed by atoms with Crippen molar-refractivity contribution >= 4 is 12.1 Å². The van der Waals surface area contributed by atoms with Crippen molar-refractivity contribution in [3.63, 3.8) is 0 Å². The lowest BCUT2D eigenvalue weighted by atomic mass is 10.2. The van der Waals surface area contributed by atoms with E-state index in [2.05, 4.69) is 10.5 Å². The molecule has 7 heteroatoms. The van der Waals surface area contributed by atoms with Gasteiger partial charge in [-0.25, -0.2) is 5.43 Å². The molecule has 0 radical (unpaired) electrons. The molecule has 2 aromatic carbocycles. The number of benzene rings is 2. The average molecular weight is 386 g/mol. The molecule has 7 nitrogen and oxygen atoms in total. The Labute approximate surface area is 165 Å². The Hall–Kier alpha value is -3.22. The molecule has 0 fully saturated rings. The van der Waals surface area contributed by atoms with Gasteiger partial charge in [0.1, 0.15) is 0 Å². The Morgan fingerprint density at radius 2 is 1.75 bits per heavy atom. The van der Waals surface area contributed by atoms with Gasteiger partial charge in [-0.05, 0) is 49.2 Å². The van der Waals surface area contributed by atoms with E-state index in [0.717, 1.165) is 12.0 Å². The first-order valence-corrected chi connectivity index (χ1v) is 9.15. The normalized spacial score (nSPS) is 10.5. The van der Waals surface area contributed by atoms with Crippen LogP contribution in [-0.2, 0) is 4.79 Å². The number of hydrogen-bond acceptors (Lipinski definition) is 6. The van der Waals surface area contributed by atoms with Gasteiger partial charge in [0.05, 0.1) is 26.5 Å². The van der Waals surface area contributed by atoms with E-state index in [1.54, 1.807) is 25.3 Å². The summed E-state index contributed by atoms with van der Waals surface area (Å²) in [6, 6.07) is 12.6. The third-order valence-corrected chi connectivity index (χ3v) is 3.56. The minimum absolute atomic E-state index is 0.175. The standard InChI is InChI=1S/C21H26N2O5/c1-4-12-27-19-11-10-16(13-20(19)26-5-2)14-22-23-21(24)15-28-18-9-7-6-8-17(18)25-3/h6-11,13-14H,4-5,12,15H2,1-3H3,(H,23,24)/b22-14-. The fourth-order valence-corrected chi connectivity index (χ4v) is 2.30. The number of nitrogens with one attached hydrogen (secondary N) is 1. The summed E-state index contributed by atoms with van der Waals surface area (Å²) in [5.74, 6) is 2.01. The Bertz CT molecular complexity index is 792. The van der Waals surface area contributed by atoms with Crippen LogP contribution in [0, 0.1) is 0 Å². The molecule has 0 aromatic heterocycles. The molecule has 0 aliphatic heterocycles. The lowest BCUT2D eigenvalue weighted by molar-refractivity contribution is -0.123. The van der Waals surface area contributed by atoms with Gasteiger partial charge in [0.15, 0.2) is 29.6 Å². The average Bonchev–Trinajstić information content (AvgIpc) is 2.72. The molecule has 2 aromatic rings. The van der Waals surface area contributed by atoms with Gasteiger partial charge in [0.25, 0.3) is 5.91 Å². The summed E-state index contributed by atoms with van der Waals surface area (Å²) in [5, 5.41) is 3.96. The van der Waals surface area contributed by atoms with E-state index >= 15 is 0 Å². The van der Waals surface area contributed by atoms with Crippen molar-refractivity contribution in [2.24, 2.45) is 5.10 Å². The number of nitrogens with zero attached hydrogens (tertiary/aromatic N) is 1. The van der Waals surface area contributed by atoms with E-state index in [4.69, 9.17) is 18.9 Å². The highest BCUT2D eigenvalue weighted by Gasteiger charge is 2.07. The number of ether oxygens (including phenoxy) is 4. The molecule has 0 heterocycles. The molecule has 28 heavy (non-hydrogen) atoms. The second kappa shape index (κ2) is 11.5. The first kappa shape index (κ1) is 21.1. The van der Waals surface area contributed by atoms with E-state index in [9.17, 15) is 4.79 Å². The Morgan fingerprint density at radius 3 is 2.46 bits per heavy atom. The molecule has 0 unspecified atom stereocenters. The summed E-state index contributed by atoms with van der Waals surface area (Å²) in [4.78, 5) is 11.9. The second-order valence-electron chi connectivity index (χ2n) is 5.72. The molecule has 0 spiro atoms. The van der Waals surface area contributed by atoms with Crippen molar-refractivity contribution in [1.29, 1.82) is 0 Å². The van der Waals surface area contributed by atoms with Gasteiger partial charge in [-0.1, -0.05) is 19.1 Å². The highest BCUT2D eigenvalue weighted by atomic mass is 16.5. The predicted octanol–water partition coefficient (Wildman–Crippen LogP) is 3.41. The summed E-state index contributed by atoms with van der Waals surface area (Å²) in [5.41, 5.74) is 3.21. The van der Waals surface area contributed by atoms with Gasteiger partial charge in [-0.2, -0.15) is 5.10 Å². The van der Waals surface area contributed by atoms with Gasteiger partial charge >= 0.3 is 0 Å². The molecule has 0 saturated heterocycles. The molecular formula is C21H26N2O5. The smallest absolute Gasteiger partial charge is 0.277 e. The zero-order chi connectivity index (χ0) is 20.2. The Balaban J connectivity index is 1.90. The Kier molecular flexibility index (Phi) is 8.65. The zero-order valence-corrected chi connectivity index (χ0v) is 16.4. The van der Waals surface area contributed by atoms with Gasteiger partial charge in [0, 0.05) is 0 Å². The molecule has 0 aliphatic carbocycles. The number of amides is 1. The number of hydrogen-bond donors (Lipinski definition) is 1. The third-order valence-electron chi connectivity index (χ3n) is 3.56. The summed E-state index contributed by atoms with van der Waals surface area (Å²) in [6.07, 6.45) is 2.45. The van der Waals surface area contributed by atoms with Crippen LogP contribution in [0.4, 0.5) is 0 Å². The summed E-state index contributed by atoms with van der Waals surface area (Å²) < 4.78 is 21.9. The fourth-order valence-electron chi connectivity index (χ4n) is 2.30. The molecule has 1 amide bonds. The number of carbonyl (C=O) groups is 1. The van der Waals surface area contributed by atoms with Crippen molar-refractivity contribution in [3.05, 3.63) is 48.0 Å². The largest absolute Gasteiger partial charge is 0.493 e. The van der Waals surface area contributed by atoms with Crippen LogP contribution in [0.2, 0.25) is 0 Å². The van der Waals surface area contributed by atoms with Gasteiger partial charge in [-0.3, -0.25) is 4.79 Å². The summed E-state index contributed by atoms with van der Waals surface area (Å²) >= 11 is 0. The monoisotopic (exact) mass is 386 g/mol. The van der Waals surface area contributed by atoms with E-state index in [1.165, 1.54) is 6.21 Å². The van der Waals surface area contributed by atoms with Crippen LogP contribution < -0.4 is 24.4 Å². The third kappa shape index (κ3) is 6.50. The predicted molar refractivity (Wildman–Crippen MR) is 108 cm³/mol. The number of rotatable bonds is 11. The highest BCUT2D eigenvalue weighted by Crippen LogP contribution is 2.28. The van der Waals surface area contributed by atoms with Crippen LogP contribution in [0.5, 0.6) is 23.0 Å². The van der Waals surface area contributed by atoms with Crippen LogP contribution in [0.15, 0.2) is 47.6 Å². The van der Waals surface area contributed by atoms with Crippen LogP contribution >= 0.6 is 0 Å². The number of carbonyl (C=O) groups excluding carboxylic acids is 1. The summed E-state index contributed by atoms with van der Waals surface area (Å²) in [6.45, 7) is 4.93. The topological polar surface area (TPSA) is 78.4 Å². The lowest BCUT2D eigenvalue weighted by Gasteiger charge is -2.11. The number of methoxy groups -OCH3 is 1. The molecular weight excluding hydrogens is 360 g/mol. The number of hydrazone groups is 1. The lowest BCUT2D eigenvalue weighted by Crippen LogP contribution is -2.24. The van der Waals surface area contributed by atoms with Crippen molar-refractivity contribution in [1.82, 2.24) is 5.43 Å². The molecule has 0 saturated carbocycles. The minimum atomic E-state index is -0.380. The van der Waals surface area contributed by atoms with Crippen molar-refractivity contribution in [2.75, 3.05) is 26.9 Å². The maximum Gasteiger partial charge on any atom is 0.277 e. The molecule has 150 valence electrons. The van der Waals surface area contributed by atoms with Gasteiger partial charge < -0.3 is 18.9 Å². The minimum Gasteiger partial charge on any atom is -0.493 e. The fraction of sp³-hybridized carbons (Fsp3) is 0.333. The van der Waals surface area contributed by atoms with Crippen molar-refractivity contribution < 1.29 is 23.7 Å². The summed E-state index contributed by atoms with van der Waals surface area (Å²) in [7, 11) is 1.54. The molecule has 0 atom stereocenters.